The van der Waals surface area contributed by atoms with E-state index in [1.54, 1.807) is 74.5 Å². The number of carbonyl (C=O) groups excluding carboxylic acids is 3. The molecule has 0 bridgehead atoms. The molecule has 1 amide bonds. The molecule has 4 rings (SSSR count). The largest absolute Gasteiger partial charge is 0.330 e. The maximum absolute atomic E-state index is 13.8. The topological polar surface area (TPSA) is 75.8 Å². The average molecular weight is 431 g/mol. The number of epoxide rings is 1. The number of rotatable bonds is 7. The van der Waals surface area contributed by atoms with Crippen molar-refractivity contribution in [3.8, 4) is 0 Å². The molecule has 0 unspecified atom stereocenters. The third-order valence-electron chi connectivity index (χ3n) is 5.59. The molecular formula is C26H22FNO4. The number of hydrogen-bond acceptors (Lipinski definition) is 4. The lowest BCUT2D eigenvalue weighted by Crippen LogP contribution is -2.48. The van der Waals surface area contributed by atoms with Crippen LogP contribution in [0.25, 0.3) is 0 Å². The summed E-state index contributed by atoms with van der Waals surface area (Å²) in [5.74, 6) is -2.89. The van der Waals surface area contributed by atoms with Crippen molar-refractivity contribution in [3.63, 3.8) is 0 Å². The van der Waals surface area contributed by atoms with Gasteiger partial charge in [-0.25, -0.2) is 4.39 Å². The van der Waals surface area contributed by atoms with Crippen molar-refractivity contribution in [2.24, 2.45) is 5.92 Å². The number of para-hydroxylation sites is 1. The Hall–Kier alpha value is -3.64. The average Bonchev–Trinajstić information content (AvgIpc) is 3.52. The highest BCUT2D eigenvalue weighted by molar-refractivity contribution is 6.26. The van der Waals surface area contributed by atoms with Crippen molar-refractivity contribution in [2.75, 3.05) is 5.32 Å². The Kier molecular flexibility index (Phi) is 5.48. The van der Waals surface area contributed by atoms with Gasteiger partial charge in [-0.2, -0.15) is 0 Å². The lowest BCUT2D eigenvalue weighted by atomic mass is 9.75. The first-order valence-corrected chi connectivity index (χ1v) is 10.3. The molecule has 32 heavy (non-hydrogen) atoms. The molecule has 0 radical (unpaired) electrons. The number of anilines is 1. The molecule has 1 aliphatic heterocycles. The molecular weight excluding hydrogens is 409 g/mol. The molecule has 0 spiro atoms. The van der Waals surface area contributed by atoms with Crippen LogP contribution in [0.2, 0.25) is 0 Å². The first-order chi connectivity index (χ1) is 15.3. The van der Waals surface area contributed by atoms with E-state index in [2.05, 4.69) is 5.32 Å². The Balaban J connectivity index is 1.87. The van der Waals surface area contributed by atoms with Gasteiger partial charge in [0.15, 0.2) is 5.78 Å². The van der Waals surface area contributed by atoms with Crippen molar-refractivity contribution in [1.82, 2.24) is 0 Å². The summed E-state index contributed by atoms with van der Waals surface area (Å²) < 4.78 is 19.5. The summed E-state index contributed by atoms with van der Waals surface area (Å²) in [6, 6.07) is 22.1. The summed E-state index contributed by atoms with van der Waals surface area (Å²) in [7, 11) is 0. The van der Waals surface area contributed by atoms with Gasteiger partial charge >= 0.3 is 0 Å². The third kappa shape index (κ3) is 3.33. The summed E-state index contributed by atoms with van der Waals surface area (Å²) in [6.07, 6.45) is 0. The number of ether oxygens (including phenoxy) is 1. The fourth-order valence-corrected chi connectivity index (χ4v) is 3.97. The van der Waals surface area contributed by atoms with Gasteiger partial charge in [-0.1, -0.05) is 62.4 Å². The predicted octanol–water partition coefficient (Wildman–Crippen LogP) is 4.54. The van der Waals surface area contributed by atoms with Crippen molar-refractivity contribution in [2.45, 2.75) is 25.0 Å². The Bertz CT molecular complexity index is 1160. The fraction of sp³-hybridized carbons (Fsp3) is 0.192. The second-order valence-electron chi connectivity index (χ2n) is 8.01. The molecule has 2 atom stereocenters. The Morgan fingerprint density at radius 2 is 1.41 bits per heavy atom. The highest BCUT2D eigenvalue weighted by Gasteiger charge is 2.83. The van der Waals surface area contributed by atoms with Crippen LogP contribution in [-0.2, 0) is 19.9 Å². The summed E-state index contributed by atoms with van der Waals surface area (Å²) in [5, 5.41) is 2.72. The van der Waals surface area contributed by atoms with Crippen LogP contribution in [0, 0.1) is 11.7 Å². The SMILES string of the molecule is CC(C)C(=O)[C@@]1(C(=O)Nc2ccccc2)O[C@]1(C(=O)c1ccc(F)cc1)c1ccccc1. The molecule has 1 aliphatic rings. The minimum Gasteiger partial charge on any atom is -0.330 e. The Morgan fingerprint density at radius 3 is 1.97 bits per heavy atom. The van der Waals surface area contributed by atoms with Crippen molar-refractivity contribution < 1.29 is 23.5 Å². The van der Waals surface area contributed by atoms with Gasteiger partial charge < -0.3 is 10.1 Å². The van der Waals surface area contributed by atoms with Gasteiger partial charge in [0.25, 0.3) is 5.91 Å². The van der Waals surface area contributed by atoms with Gasteiger partial charge in [0, 0.05) is 17.2 Å². The van der Waals surface area contributed by atoms with Crippen molar-refractivity contribution in [3.05, 3.63) is 102 Å². The predicted molar refractivity (Wildman–Crippen MR) is 118 cm³/mol. The van der Waals surface area contributed by atoms with E-state index < -0.39 is 40.4 Å². The van der Waals surface area contributed by atoms with Gasteiger partial charge in [0.2, 0.25) is 17.0 Å². The number of ketones is 2. The second kappa shape index (κ2) is 8.13. The van der Waals surface area contributed by atoms with Crippen LogP contribution in [0.4, 0.5) is 10.1 Å². The van der Waals surface area contributed by atoms with E-state index in [4.69, 9.17) is 4.74 Å². The van der Waals surface area contributed by atoms with Crippen LogP contribution in [0.1, 0.15) is 29.8 Å². The molecule has 1 N–H and O–H groups in total. The van der Waals surface area contributed by atoms with E-state index in [1.165, 1.54) is 12.1 Å². The number of Topliss-reactive ketones (excluding diaryl/α,β-unsaturated/α-hetero) is 2. The number of hydrogen-bond donors (Lipinski definition) is 1. The van der Waals surface area contributed by atoms with E-state index in [9.17, 15) is 18.8 Å². The van der Waals surface area contributed by atoms with Gasteiger partial charge in [0.1, 0.15) is 5.82 Å². The number of amides is 1. The molecule has 5 nitrogen and oxygen atoms in total. The third-order valence-corrected chi connectivity index (χ3v) is 5.59. The van der Waals surface area contributed by atoms with E-state index in [-0.39, 0.29) is 5.56 Å². The van der Waals surface area contributed by atoms with Gasteiger partial charge in [-0.3, -0.25) is 14.4 Å². The monoisotopic (exact) mass is 431 g/mol. The normalized spacial score (nSPS) is 21.8. The molecule has 0 aromatic heterocycles. The molecule has 1 heterocycles. The summed E-state index contributed by atoms with van der Waals surface area (Å²) in [4.78, 5) is 40.8. The number of carbonyl (C=O) groups is 3. The molecule has 6 heteroatoms. The zero-order chi connectivity index (χ0) is 22.9. The highest BCUT2D eigenvalue weighted by atomic mass is 19.1. The fourth-order valence-electron chi connectivity index (χ4n) is 3.97. The van der Waals surface area contributed by atoms with Crippen LogP contribution in [0.15, 0.2) is 84.9 Å². The standard InChI is InChI=1S/C26H22FNO4/c1-17(2)22(29)26(24(31)28-21-11-7-4-8-12-21)25(32-26,19-9-5-3-6-10-19)23(30)18-13-15-20(27)16-14-18/h3-17H,1-2H3,(H,28,31)/t25-,26-/m0/s1. The molecule has 3 aromatic carbocycles. The van der Waals surface area contributed by atoms with Crippen molar-refractivity contribution >= 4 is 23.2 Å². The molecule has 3 aromatic rings. The molecule has 162 valence electrons. The van der Waals surface area contributed by atoms with Crippen LogP contribution in [-0.4, -0.2) is 23.1 Å². The summed E-state index contributed by atoms with van der Waals surface area (Å²) in [5.41, 5.74) is -2.91. The minimum atomic E-state index is -2.05. The molecule has 0 aliphatic carbocycles. The van der Waals surface area contributed by atoms with Gasteiger partial charge in [-0.05, 0) is 42.0 Å². The van der Waals surface area contributed by atoms with E-state index in [0.29, 0.717) is 11.3 Å². The summed E-state index contributed by atoms with van der Waals surface area (Å²) in [6.45, 7) is 3.30. The Labute approximate surface area is 185 Å². The maximum Gasteiger partial charge on any atom is 0.268 e. The van der Waals surface area contributed by atoms with Gasteiger partial charge in [0.05, 0.1) is 0 Å². The van der Waals surface area contributed by atoms with E-state index in [0.717, 1.165) is 12.1 Å². The smallest absolute Gasteiger partial charge is 0.268 e. The lowest BCUT2D eigenvalue weighted by molar-refractivity contribution is -0.135. The zero-order valence-electron chi connectivity index (χ0n) is 17.7. The minimum absolute atomic E-state index is 0.140. The molecule has 1 fully saturated rings. The first-order valence-electron chi connectivity index (χ1n) is 10.3. The van der Waals surface area contributed by atoms with E-state index in [1.807, 2.05) is 0 Å². The quantitative estimate of drug-likeness (QED) is 0.339. The lowest BCUT2D eigenvalue weighted by Gasteiger charge is -2.20. The maximum atomic E-state index is 13.8. The molecule has 1 saturated heterocycles. The number of benzene rings is 3. The van der Waals surface area contributed by atoms with Crippen LogP contribution in [0.3, 0.4) is 0 Å². The highest BCUT2D eigenvalue weighted by Crippen LogP contribution is 2.59. The second-order valence-corrected chi connectivity index (χ2v) is 8.01. The summed E-state index contributed by atoms with van der Waals surface area (Å²) >= 11 is 0. The van der Waals surface area contributed by atoms with E-state index >= 15 is 0 Å². The zero-order valence-corrected chi connectivity index (χ0v) is 17.7. The Morgan fingerprint density at radius 1 is 0.844 bits per heavy atom. The van der Waals surface area contributed by atoms with Gasteiger partial charge in [-0.15, -0.1) is 0 Å². The molecule has 0 saturated carbocycles. The number of halogens is 1. The van der Waals surface area contributed by atoms with Crippen LogP contribution in [0.5, 0.6) is 0 Å². The first kappa shape index (κ1) is 21.6. The van der Waals surface area contributed by atoms with Crippen LogP contribution >= 0.6 is 0 Å². The number of nitrogens with one attached hydrogen (secondary N) is 1. The van der Waals surface area contributed by atoms with Crippen molar-refractivity contribution in [1.29, 1.82) is 0 Å². The van der Waals surface area contributed by atoms with Crippen LogP contribution < -0.4 is 5.32 Å².